The average molecular weight is 206 g/mol. The molecular weight excluding hydrogens is 192 g/mol. The van der Waals surface area contributed by atoms with Gasteiger partial charge in [0, 0.05) is 32.5 Å². The van der Waals surface area contributed by atoms with Crippen molar-refractivity contribution >= 4 is 5.78 Å². The van der Waals surface area contributed by atoms with Crippen molar-refractivity contribution in [1.82, 2.24) is 9.97 Å². The zero-order valence-corrected chi connectivity index (χ0v) is 8.77. The van der Waals surface area contributed by atoms with Crippen LogP contribution in [0.3, 0.4) is 0 Å². The second kappa shape index (κ2) is 4.49. The van der Waals surface area contributed by atoms with Gasteiger partial charge in [0.25, 0.3) is 0 Å². The largest absolute Gasteiger partial charge is 0.381 e. The van der Waals surface area contributed by atoms with E-state index in [1.165, 1.54) is 6.92 Å². The van der Waals surface area contributed by atoms with Crippen LogP contribution >= 0.6 is 0 Å². The molecule has 1 aromatic heterocycles. The van der Waals surface area contributed by atoms with Crippen LogP contribution in [0.1, 0.15) is 41.9 Å². The van der Waals surface area contributed by atoms with Crippen LogP contribution in [-0.2, 0) is 4.74 Å². The minimum atomic E-state index is -0.0893. The maximum atomic E-state index is 11.0. The molecule has 1 fully saturated rings. The zero-order chi connectivity index (χ0) is 10.7. The highest BCUT2D eigenvalue weighted by Crippen LogP contribution is 2.25. The number of ether oxygens (including phenoxy) is 1. The Morgan fingerprint density at radius 3 is 2.47 bits per heavy atom. The molecular formula is C11H14N2O2. The van der Waals surface area contributed by atoms with Gasteiger partial charge < -0.3 is 4.74 Å². The second-order valence-electron chi connectivity index (χ2n) is 3.78. The van der Waals surface area contributed by atoms with E-state index in [4.69, 9.17) is 4.74 Å². The van der Waals surface area contributed by atoms with E-state index in [2.05, 4.69) is 9.97 Å². The summed E-state index contributed by atoms with van der Waals surface area (Å²) < 4.78 is 5.29. The highest BCUT2D eigenvalue weighted by atomic mass is 16.5. The standard InChI is InChI=1S/C11H14N2O2/c1-8(14)11-12-6-10(7-13-11)9-2-4-15-5-3-9/h6-7,9H,2-5H2,1H3. The summed E-state index contributed by atoms with van der Waals surface area (Å²) in [7, 11) is 0. The lowest BCUT2D eigenvalue weighted by Crippen LogP contribution is -2.15. The summed E-state index contributed by atoms with van der Waals surface area (Å²) in [5.74, 6) is 0.694. The van der Waals surface area contributed by atoms with Gasteiger partial charge in [0.2, 0.25) is 0 Å². The fraction of sp³-hybridized carbons (Fsp3) is 0.545. The molecule has 0 unspecified atom stereocenters. The van der Waals surface area contributed by atoms with Crippen LogP contribution < -0.4 is 0 Å². The third kappa shape index (κ3) is 2.39. The maximum absolute atomic E-state index is 11.0. The summed E-state index contributed by atoms with van der Waals surface area (Å²) in [4.78, 5) is 19.1. The molecule has 0 atom stereocenters. The van der Waals surface area contributed by atoms with Gasteiger partial charge in [-0.05, 0) is 24.3 Å². The van der Waals surface area contributed by atoms with E-state index in [9.17, 15) is 4.79 Å². The number of carbonyl (C=O) groups is 1. The predicted molar refractivity (Wildman–Crippen MR) is 54.8 cm³/mol. The lowest BCUT2D eigenvalue weighted by molar-refractivity contribution is 0.0851. The molecule has 0 N–H and O–H groups in total. The quantitative estimate of drug-likeness (QED) is 0.689. The molecule has 80 valence electrons. The number of rotatable bonds is 2. The van der Waals surface area contributed by atoms with E-state index in [0.29, 0.717) is 11.7 Å². The van der Waals surface area contributed by atoms with Crippen molar-refractivity contribution in [1.29, 1.82) is 0 Å². The van der Waals surface area contributed by atoms with E-state index < -0.39 is 0 Å². The Bertz CT molecular complexity index is 342. The number of carbonyl (C=O) groups excluding carboxylic acids is 1. The van der Waals surface area contributed by atoms with E-state index in [-0.39, 0.29) is 5.78 Å². The molecule has 0 saturated carbocycles. The molecule has 1 aliphatic rings. The number of ketones is 1. The molecule has 15 heavy (non-hydrogen) atoms. The summed E-state index contributed by atoms with van der Waals surface area (Å²) in [6.45, 7) is 3.09. The van der Waals surface area contributed by atoms with Crippen LogP contribution in [0.15, 0.2) is 12.4 Å². The number of hydrogen-bond donors (Lipinski definition) is 0. The summed E-state index contributed by atoms with van der Waals surface area (Å²) in [6, 6.07) is 0. The van der Waals surface area contributed by atoms with Gasteiger partial charge in [-0.3, -0.25) is 4.79 Å². The van der Waals surface area contributed by atoms with Gasteiger partial charge in [-0.1, -0.05) is 0 Å². The molecule has 0 aliphatic carbocycles. The molecule has 4 heteroatoms. The average Bonchev–Trinajstić information content (AvgIpc) is 2.30. The summed E-state index contributed by atoms with van der Waals surface area (Å²) in [5, 5.41) is 0. The Hall–Kier alpha value is -1.29. The first-order chi connectivity index (χ1) is 7.27. The molecule has 1 aromatic rings. The molecule has 2 heterocycles. The van der Waals surface area contributed by atoms with Crippen LogP contribution in [0.2, 0.25) is 0 Å². The third-order valence-corrected chi connectivity index (χ3v) is 2.68. The Kier molecular flexibility index (Phi) is 3.06. The van der Waals surface area contributed by atoms with Crippen molar-refractivity contribution in [2.45, 2.75) is 25.7 Å². The second-order valence-corrected chi connectivity index (χ2v) is 3.78. The van der Waals surface area contributed by atoms with Gasteiger partial charge in [0.05, 0.1) is 0 Å². The van der Waals surface area contributed by atoms with Crippen molar-refractivity contribution < 1.29 is 9.53 Å². The SMILES string of the molecule is CC(=O)c1ncc(C2CCOCC2)cn1. The van der Waals surface area contributed by atoms with Crippen LogP contribution in [0.25, 0.3) is 0 Å². The number of aromatic nitrogens is 2. The summed E-state index contributed by atoms with van der Waals surface area (Å²) in [5.41, 5.74) is 1.11. The van der Waals surface area contributed by atoms with Gasteiger partial charge in [-0.25, -0.2) is 9.97 Å². The first kappa shape index (κ1) is 10.2. The van der Waals surface area contributed by atoms with Gasteiger partial charge >= 0.3 is 0 Å². The summed E-state index contributed by atoms with van der Waals surface area (Å²) >= 11 is 0. The molecule has 1 saturated heterocycles. The Morgan fingerprint density at radius 1 is 1.33 bits per heavy atom. The first-order valence-corrected chi connectivity index (χ1v) is 5.18. The highest BCUT2D eigenvalue weighted by molar-refractivity contribution is 5.90. The lowest BCUT2D eigenvalue weighted by atomic mass is 9.94. The van der Waals surface area contributed by atoms with Crippen LogP contribution in [0.5, 0.6) is 0 Å². The Balaban J connectivity index is 2.11. The number of Topliss-reactive ketones (excluding diaryl/α,β-unsaturated/α-hetero) is 1. The smallest absolute Gasteiger partial charge is 0.196 e. The van der Waals surface area contributed by atoms with Crippen molar-refractivity contribution in [3.63, 3.8) is 0 Å². The van der Waals surface area contributed by atoms with Gasteiger partial charge in [-0.15, -0.1) is 0 Å². The molecule has 0 radical (unpaired) electrons. The molecule has 0 bridgehead atoms. The van der Waals surface area contributed by atoms with Crippen LogP contribution in [0.4, 0.5) is 0 Å². The van der Waals surface area contributed by atoms with Crippen LogP contribution in [-0.4, -0.2) is 29.0 Å². The minimum absolute atomic E-state index is 0.0893. The third-order valence-electron chi connectivity index (χ3n) is 2.68. The van der Waals surface area contributed by atoms with E-state index in [0.717, 1.165) is 31.6 Å². The Labute approximate surface area is 88.7 Å². The normalized spacial score (nSPS) is 17.7. The molecule has 4 nitrogen and oxygen atoms in total. The molecule has 0 aromatic carbocycles. The van der Waals surface area contributed by atoms with Gasteiger partial charge in [0.1, 0.15) is 0 Å². The minimum Gasteiger partial charge on any atom is -0.381 e. The fourth-order valence-electron chi connectivity index (χ4n) is 1.76. The number of nitrogens with zero attached hydrogens (tertiary/aromatic N) is 2. The zero-order valence-electron chi connectivity index (χ0n) is 8.77. The molecule has 0 amide bonds. The summed E-state index contributed by atoms with van der Waals surface area (Å²) in [6.07, 6.45) is 5.56. The van der Waals surface area contributed by atoms with E-state index >= 15 is 0 Å². The highest BCUT2D eigenvalue weighted by Gasteiger charge is 2.16. The lowest BCUT2D eigenvalue weighted by Gasteiger charge is -2.21. The fourth-order valence-corrected chi connectivity index (χ4v) is 1.76. The topological polar surface area (TPSA) is 52.1 Å². The maximum Gasteiger partial charge on any atom is 0.196 e. The number of hydrogen-bond acceptors (Lipinski definition) is 4. The first-order valence-electron chi connectivity index (χ1n) is 5.18. The Morgan fingerprint density at radius 2 is 1.93 bits per heavy atom. The van der Waals surface area contributed by atoms with Gasteiger partial charge in [0.15, 0.2) is 11.6 Å². The van der Waals surface area contributed by atoms with Crippen molar-refractivity contribution in [3.05, 3.63) is 23.8 Å². The molecule has 0 spiro atoms. The van der Waals surface area contributed by atoms with E-state index in [1.54, 1.807) is 12.4 Å². The van der Waals surface area contributed by atoms with E-state index in [1.807, 2.05) is 0 Å². The van der Waals surface area contributed by atoms with Crippen molar-refractivity contribution in [3.8, 4) is 0 Å². The molecule has 1 aliphatic heterocycles. The predicted octanol–water partition coefficient (Wildman–Crippen LogP) is 1.57. The monoisotopic (exact) mass is 206 g/mol. The van der Waals surface area contributed by atoms with Crippen LogP contribution in [0, 0.1) is 0 Å². The van der Waals surface area contributed by atoms with Crippen molar-refractivity contribution in [2.24, 2.45) is 0 Å². The van der Waals surface area contributed by atoms with Crippen molar-refractivity contribution in [2.75, 3.05) is 13.2 Å². The van der Waals surface area contributed by atoms with Gasteiger partial charge in [-0.2, -0.15) is 0 Å². The molecule has 2 rings (SSSR count).